The molecule has 3 aromatic carbocycles. The number of ether oxygens (including phenoxy) is 2. The number of urea groups is 1. The molecule has 228 valence electrons. The summed E-state index contributed by atoms with van der Waals surface area (Å²) in [6.45, 7) is 2.79. The molecule has 1 aliphatic rings. The summed E-state index contributed by atoms with van der Waals surface area (Å²) in [6, 6.07) is 26.6. The van der Waals surface area contributed by atoms with Gasteiger partial charge in [0.05, 0.1) is 24.4 Å². The fraction of sp³-hybridized carbons (Fsp3) is 0.265. The Labute approximate surface area is 260 Å². The van der Waals surface area contributed by atoms with Crippen molar-refractivity contribution in [1.82, 2.24) is 15.6 Å². The molecule has 4 aromatic rings. The van der Waals surface area contributed by atoms with Crippen molar-refractivity contribution < 1.29 is 29.3 Å². The van der Waals surface area contributed by atoms with Gasteiger partial charge in [-0.2, -0.15) is 0 Å². The molecule has 0 bridgehead atoms. The van der Waals surface area contributed by atoms with Crippen LogP contribution in [-0.2, 0) is 22.6 Å². The van der Waals surface area contributed by atoms with E-state index in [0.717, 1.165) is 33.4 Å². The first-order chi connectivity index (χ1) is 21.4. The van der Waals surface area contributed by atoms with Gasteiger partial charge in [-0.15, -0.1) is 11.8 Å². The number of aromatic carboxylic acids is 1. The molecule has 1 aliphatic heterocycles. The van der Waals surface area contributed by atoms with Gasteiger partial charge in [-0.05, 0) is 46.9 Å². The normalized spacial score (nSPS) is 18.0. The molecule has 4 N–H and O–H groups in total. The number of carbonyl (C=O) groups is 2. The first-order valence-corrected chi connectivity index (χ1v) is 15.4. The van der Waals surface area contributed by atoms with E-state index in [9.17, 15) is 19.8 Å². The number of hydrogen-bond donors (Lipinski definition) is 4. The van der Waals surface area contributed by atoms with Gasteiger partial charge < -0.3 is 30.3 Å². The van der Waals surface area contributed by atoms with Crippen LogP contribution in [0.25, 0.3) is 11.1 Å². The van der Waals surface area contributed by atoms with Gasteiger partial charge in [0.15, 0.2) is 6.29 Å². The molecule has 3 atom stereocenters. The van der Waals surface area contributed by atoms with Crippen molar-refractivity contribution in [2.24, 2.45) is 0 Å². The highest BCUT2D eigenvalue weighted by atomic mass is 32.2. The van der Waals surface area contributed by atoms with Gasteiger partial charge in [-0.25, -0.2) is 14.6 Å². The van der Waals surface area contributed by atoms with Gasteiger partial charge in [-0.1, -0.05) is 72.8 Å². The van der Waals surface area contributed by atoms with Gasteiger partial charge in [0.1, 0.15) is 5.03 Å². The van der Waals surface area contributed by atoms with Crippen molar-refractivity contribution >= 4 is 23.8 Å². The van der Waals surface area contributed by atoms with Crippen LogP contribution in [0.2, 0.25) is 0 Å². The van der Waals surface area contributed by atoms with Crippen molar-refractivity contribution in [2.75, 3.05) is 12.3 Å². The Hall–Kier alpha value is -4.22. The highest BCUT2D eigenvalue weighted by Gasteiger charge is 2.32. The first-order valence-electron chi connectivity index (χ1n) is 14.5. The van der Waals surface area contributed by atoms with Gasteiger partial charge >= 0.3 is 12.0 Å². The second-order valence-corrected chi connectivity index (χ2v) is 11.3. The van der Waals surface area contributed by atoms with Crippen LogP contribution in [0.1, 0.15) is 58.4 Å². The Morgan fingerprint density at radius 2 is 1.68 bits per heavy atom. The standard InChI is InChI=1S/C34H35N3O6S/c1-2-35-34(41)37-19-26-6-3-4-7-28(26)23-13-15-25(16-14-23)33-42-27(21-44-31-29(32(39)40)8-5-17-36-31)18-30(43-33)24-11-9-22(20-38)10-12-24/h3-17,27,30,33,38H,2,18-21H2,1H3,(H,39,40)(H2,35,37,41)/t27-,30+,33+/m0/s1. The summed E-state index contributed by atoms with van der Waals surface area (Å²) in [4.78, 5) is 27.9. The van der Waals surface area contributed by atoms with Gasteiger partial charge in [0, 0.05) is 37.0 Å². The highest BCUT2D eigenvalue weighted by Crippen LogP contribution is 2.40. The number of rotatable bonds is 11. The average Bonchev–Trinajstić information content (AvgIpc) is 3.07. The van der Waals surface area contributed by atoms with Crippen molar-refractivity contribution in [3.05, 3.63) is 119 Å². The molecule has 1 saturated heterocycles. The lowest BCUT2D eigenvalue weighted by Gasteiger charge is -2.36. The number of nitrogens with one attached hydrogen (secondary N) is 2. The summed E-state index contributed by atoms with van der Waals surface area (Å²) in [6.07, 6.45) is 0.995. The molecule has 5 rings (SSSR count). The third-order valence-electron chi connectivity index (χ3n) is 7.31. The van der Waals surface area contributed by atoms with Crippen LogP contribution in [0.5, 0.6) is 0 Å². The maximum atomic E-state index is 12.0. The van der Waals surface area contributed by atoms with Crippen molar-refractivity contribution in [3.63, 3.8) is 0 Å². The van der Waals surface area contributed by atoms with Crippen molar-refractivity contribution in [3.8, 4) is 11.1 Å². The van der Waals surface area contributed by atoms with Gasteiger partial charge in [0.25, 0.3) is 0 Å². The van der Waals surface area contributed by atoms with Crippen LogP contribution in [0.3, 0.4) is 0 Å². The number of aliphatic hydroxyl groups excluding tert-OH is 1. The van der Waals surface area contributed by atoms with E-state index in [-0.39, 0.29) is 30.4 Å². The number of amides is 2. The number of aromatic nitrogens is 1. The summed E-state index contributed by atoms with van der Waals surface area (Å²) < 4.78 is 12.9. The Kier molecular flexibility index (Phi) is 10.6. The van der Waals surface area contributed by atoms with E-state index in [1.807, 2.05) is 79.7 Å². The second-order valence-electron chi connectivity index (χ2n) is 10.3. The Bertz CT molecular complexity index is 1560. The maximum Gasteiger partial charge on any atom is 0.338 e. The van der Waals surface area contributed by atoms with Crippen LogP contribution in [0, 0.1) is 0 Å². The lowest BCUT2D eigenvalue weighted by molar-refractivity contribution is -0.245. The Morgan fingerprint density at radius 3 is 2.41 bits per heavy atom. The Balaban J connectivity index is 1.35. The van der Waals surface area contributed by atoms with Crippen LogP contribution >= 0.6 is 11.8 Å². The van der Waals surface area contributed by atoms with Crippen LogP contribution < -0.4 is 10.6 Å². The molecule has 9 nitrogen and oxygen atoms in total. The smallest absolute Gasteiger partial charge is 0.338 e. The van der Waals surface area contributed by atoms with E-state index in [0.29, 0.717) is 30.3 Å². The predicted octanol–water partition coefficient (Wildman–Crippen LogP) is 6.10. The van der Waals surface area contributed by atoms with Crippen LogP contribution in [0.4, 0.5) is 4.79 Å². The minimum atomic E-state index is -1.02. The van der Waals surface area contributed by atoms with E-state index < -0.39 is 12.3 Å². The monoisotopic (exact) mass is 613 g/mol. The molecular weight excluding hydrogens is 578 g/mol. The van der Waals surface area contributed by atoms with E-state index >= 15 is 0 Å². The van der Waals surface area contributed by atoms with E-state index in [1.165, 1.54) is 11.8 Å². The number of hydrogen-bond acceptors (Lipinski definition) is 7. The largest absolute Gasteiger partial charge is 0.478 e. The lowest BCUT2D eigenvalue weighted by Crippen LogP contribution is -2.34. The SMILES string of the molecule is CCNC(=O)NCc1ccccc1-c1ccc([C@@H]2O[C@H](CSc3ncccc3C(=O)O)C[C@H](c3ccc(CO)cc3)O2)cc1. The number of aliphatic hydroxyl groups is 1. The zero-order valence-electron chi connectivity index (χ0n) is 24.3. The fourth-order valence-corrected chi connectivity index (χ4v) is 6.04. The summed E-state index contributed by atoms with van der Waals surface area (Å²) in [5, 5.41) is 25.2. The number of carboxylic acid groups (broad SMARTS) is 1. The van der Waals surface area contributed by atoms with Crippen LogP contribution in [0.15, 0.2) is 96.2 Å². The summed E-state index contributed by atoms with van der Waals surface area (Å²) in [5.41, 5.74) is 5.81. The first kappa shape index (κ1) is 31.2. The molecule has 0 radical (unpaired) electrons. The molecule has 2 amide bonds. The molecule has 0 spiro atoms. The zero-order valence-corrected chi connectivity index (χ0v) is 25.1. The molecule has 0 saturated carbocycles. The second kappa shape index (κ2) is 15.0. The number of thioether (sulfide) groups is 1. The molecular formula is C34H35N3O6S. The third kappa shape index (κ3) is 7.83. The third-order valence-corrected chi connectivity index (χ3v) is 8.45. The number of pyridine rings is 1. The van der Waals surface area contributed by atoms with E-state index in [1.54, 1.807) is 18.3 Å². The maximum absolute atomic E-state index is 12.0. The summed E-state index contributed by atoms with van der Waals surface area (Å²) >= 11 is 1.35. The number of carbonyl (C=O) groups excluding carboxylic acids is 1. The lowest BCUT2D eigenvalue weighted by atomic mass is 9.98. The molecule has 0 unspecified atom stereocenters. The van der Waals surface area contributed by atoms with Crippen molar-refractivity contribution in [2.45, 2.75) is 50.0 Å². The quantitative estimate of drug-likeness (QED) is 0.150. The molecule has 1 aromatic heterocycles. The van der Waals surface area contributed by atoms with E-state index in [2.05, 4.69) is 15.6 Å². The molecule has 2 heterocycles. The number of nitrogens with zero attached hydrogens (tertiary/aromatic N) is 1. The minimum absolute atomic E-state index is 0.0374. The summed E-state index contributed by atoms with van der Waals surface area (Å²) in [5.74, 6) is -0.526. The van der Waals surface area contributed by atoms with E-state index in [4.69, 9.17) is 9.47 Å². The van der Waals surface area contributed by atoms with Gasteiger partial charge in [0.2, 0.25) is 0 Å². The molecule has 1 fully saturated rings. The molecule has 0 aliphatic carbocycles. The minimum Gasteiger partial charge on any atom is -0.478 e. The van der Waals surface area contributed by atoms with Crippen molar-refractivity contribution in [1.29, 1.82) is 0 Å². The molecule has 10 heteroatoms. The topological polar surface area (TPSA) is 130 Å². The van der Waals surface area contributed by atoms with Crippen LogP contribution in [-0.4, -0.2) is 45.6 Å². The molecule has 44 heavy (non-hydrogen) atoms. The van der Waals surface area contributed by atoms with Gasteiger partial charge in [-0.3, -0.25) is 0 Å². The predicted molar refractivity (Wildman–Crippen MR) is 168 cm³/mol. The average molecular weight is 614 g/mol. The zero-order chi connectivity index (χ0) is 30.9. The Morgan fingerprint density at radius 1 is 0.932 bits per heavy atom. The highest BCUT2D eigenvalue weighted by molar-refractivity contribution is 7.99. The fourth-order valence-electron chi connectivity index (χ4n) is 5.04. The number of benzene rings is 3. The summed E-state index contributed by atoms with van der Waals surface area (Å²) in [7, 11) is 0. The number of carboxylic acids is 1.